The predicted octanol–water partition coefficient (Wildman–Crippen LogP) is 17.3. The van der Waals surface area contributed by atoms with E-state index in [1.54, 1.807) is 0 Å². The Morgan fingerprint density at radius 3 is 1.74 bits per heavy atom. The Morgan fingerprint density at radius 1 is 0.446 bits per heavy atom. The summed E-state index contributed by atoms with van der Waals surface area (Å²) in [7, 11) is 0. The van der Waals surface area contributed by atoms with Crippen molar-refractivity contribution in [3.63, 3.8) is 0 Å². The summed E-state index contributed by atoms with van der Waals surface area (Å²) in [5, 5.41) is 8.71. The zero-order chi connectivity index (χ0) is 44.9. The summed E-state index contributed by atoms with van der Waals surface area (Å²) in [5.74, 6) is 0. The summed E-state index contributed by atoms with van der Waals surface area (Å²) >= 11 is 0. The zero-order valence-corrected chi connectivity index (χ0v) is 39.3. The summed E-state index contributed by atoms with van der Waals surface area (Å²) in [5.41, 5.74) is 22.6. The minimum atomic E-state index is -0.173. The number of para-hydroxylation sites is 1. The van der Waals surface area contributed by atoms with Crippen molar-refractivity contribution in [1.82, 2.24) is 4.57 Å². The van der Waals surface area contributed by atoms with Gasteiger partial charge >= 0.3 is 0 Å². The van der Waals surface area contributed by atoms with Gasteiger partial charge in [0.1, 0.15) is 11.2 Å². The van der Waals surface area contributed by atoms with Crippen LogP contribution in [-0.2, 0) is 21.7 Å². The molecule has 3 nitrogen and oxygen atoms in total. The Labute approximate surface area is 382 Å². The molecule has 12 rings (SSSR count). The average molecular weight is 845 g/mol. The molecule has 10 aromatic rings. The van der Waals surface area contributed by atoms with Crippen LogP contribution in [0.1, 0.15) is 103 Å². The van der Waals surface area contributed by atoms with Crippen molar-refractivity contribution in [2.24, 2.45) is 0 Å². The highest BCUT2D eigenvalue weighted by molar-refractivity contribution is 6.30. The standard InChI is InChI=1S/C62H56N2O/c1-59(2,3)36-23-26-38(27-24-36)63-52-35-51-44(41-18-12-15-21-49(41)62(51,9)10)33-45(52)46-34-54-56(57-42-19-13-16-22-55(42)65-58(46)57)47-31-37(60(4,5)6)25-30-53(47)64(54)39-28-29-50-43(32-39)40-17-11-14-20-48(40)61(50,7)8/h11-35,63H,1-10H3. The number of fused-ring (bicyclic) bond motifs is 13. The number of hydrogen-bond acceptors (Lipinski definition) is 2. The van der Waals surface area contributed by atoms with Crippen LogP contribution in [0.5, 0.6) is 0 Å². The molecular weight excluding hydrogens is 789 g/mol. The van der Waals surface area contributed by atoms with Gasteiger partial charge in [0.15, 0.2) is 0 Å². The molecule has 0 bridgehead atoms. The number of nitrogens with zero attached hydrogens (tertiary/aromatic N) is 1. The van der Waals surface area contributed by atoms with Gasteiger partial charge in [-0.1, -0.05) is 160 Å². The first kappa shape index (κ1) is 39.7. The third-order valence-electron chi connectivity index (χ3n) is 15.1. The van der Waals surface area contributed by atoms with E-state index in [1.807, 2.05) is 0 Å². The molecule has 3 heteroatoms. The minimum absolute atomic E-state index is 0.0386. The van der Waals surface area contributed by atoms with Crippen LogP contribution in [-0.4, -0.2) is 4.57 Å². The summed E-state index contributed by atoms with van der Waals surface area (Å²) in [6.45, 7) is 23.2. The molecule has 0 saturated heterocycles. The van der Waals surface area contributed by atoms with E-state index in [1.165, 1.54) is 71.9 Å². The molecule has 1 N–H and O–H groups in total. The van der Waals surface area contributed by atoms with Crippen LogP contribution in [0.25, 0.3) is 82.8 Å². The first-order chi connectivity index (χ1) is 31.0. The molecule has 8 aromatic carbocycles. The zero-order valence-electron chi connectivity index (χ0n) is 39.3. The molecule has 0 aliphatic heterocycles. The fourth-order valence-electron chi connectivity index (χ4n) is 11.5. The molecule has 0 amide bonds. The average Bonchev–Trinajstić information content (AvgIpc) is 3.96. The maximum Gasteiger partial charge on any atom is 0.144 e. The van der Waals surface area contributed by atoms with Gasteiger partial charge in [-0.15, -0.1) is 0 Å². The topological polar surface area (TPSA) is 30.1 Å². The number of aromatic nitrogens is 1. The number of hydrogen-bond donors (Lipinski definition) is 1. The van der Waals surface area contributed by atoms with E-state index in [2.05, 4.69) is 231 Å². The van der Waals surface area contributed by atoms with Gasteiger partial charge in [0, 0.05) is 60.6 Å². The van der Waals surface area contributed by atoms with E-state index in [4.69, 9.17) is 4.42 Å². The lowest BCUT2D eigenvalue weighted by Gasteiger charge is -2.24. The SMILES string of the molecule is CC(C)(C)c1ccc(Nc2cc3c(cc2-c2cc4c(c5cc(C(C)(C)C)ccc5n4-c4ccc5c(c4)-c4ccccc4C5(C)C)c4c2oc2ccccc24)-c2ccccc2C3(C)C)cc1. The Bertz CT molecular complexity index is 3630. The number of nitrogens with one attached hydrogen (secondary N) is 1. The summed E-state index contributed by atoms with van der Waals surface area (Å²) in [6.07, 6.45) is 0. The van der Waals surface area contributed by atoms with Gasteiger partial charge in [-0.25, -0.2) is 0 Å². The second-order valence-electron chi connectivity index (χ2n) is 21.9. The van der Waals surface area contributed by atoms with Crippen LogP contribution in [0.3, 0.4) is 0 Å². The van der Waals surface area contributed by atoms with Gasteiger partial charge in [0.25, 0.3) is 0 Å². The maximum atomic E-state index is 7.18. The van der Waals surface area contributed by atoms with Crippen molar-refractivity contribution < 1.29 is 4.42 Å². The number of benzene rings is 8. The molecule has 65 heavy (non-hydrogen) atoms. The maximum absolute atomic E-state index is 7.18. The Kier molecular flexibility index (Phi) is 8.17. The van der Waals surface area contributed by atoms with E-state index in [9.17, 15) is 0 Å². The first-order valence-corrected chi connectivity index (χ1v) is 23.3. The van der Waals surface area contributed by atoms with Crippen molar-refractivity contribution in [1.29, 1.82) is 0 Å². The van der Waals surface area contributed by atoms with Crippen LogP contribution < -0.4 is 5.32 Å². The van der Waals surface area contributed by atoms with Crippen LogP contribution in [0, 0.1) is 0 Å². The van der Waals surface area contributed by atoms with E-state index >= 15 is 0 Å². The quantitative estimate of drug-likeness (QED) is 0.191. The molecule has 0 unspecified atom stereocenters. The van der Waals surface area contributed by atoms with Crippen LogP contribution in [0.15, 0.2) is 156 Å². The normalized spacial score (nSPS) is 14.9. The van der Waals surface area contributed by atoms with Gasteiger partial charge in [-0.2, -0.15) is 0 Å². The van der Waals surface area contributed by atoms with Crippen LogP contribution in [0.4, 0.5) is 11.4 Å². The van der Waals surface area contributed by atoms with Crippen LogP contribution in [0.2, 0.25) is 0 Å². The molecule has 2 aromatic heterocycles. The van der Waals surface area contributed by atoms with Gasteiger partial charge in [-0.05, 0) is 127 Å². The molecule has 2 aliphatic carbocycles. The van der Waals surface area contributed by atoms with Crippen molar-refractivity contribution in [3.05, 3.63) is 185 Å². The van der Waals surface area contributed by atoms with Gasteiger partial charge in [0.05, 0.1) is 11.0 Å². The largest absolute Gasteiger partial charge is 0.455 e. The highest BCUT2D eigenvalue weighted by atomic mass is 16.3. The van der Waals surface area contributed by atoms with Gasteiger partial charge in [-0.3, -0.25) is 0 Å². The van der Waals surface area contributed by atoms with E-state index < -0.39 is 0 Å². The molecule has 320 valence electrons. The number of furan rings is 1. The Balaban J connectivity index is 1.21. The predicted molar refractivity (Wildman–Crippen MR) is 276 cm³/mol. The van der Waals surface area contributed by atoms with Gasteiger partial charge < -0.3 is 14.3 Å². The van der Waals surface area contributed by atoms with Crippen molar-refractivity contribution in [3.8, 4) is 39.1 Å². The van der Waals surface area contributed by atoms with Gasteiger partial charge in [0.2, 0.25) is 0 Å². The minimum Gasteiger partial charge on any atom is -0.455 e. The number of rotatable bonds is 4. The smallest absolute Gasteiger partial charge is 0.144 e. The Hall–Kier alpha value is -6.84. The Morgan fingerprint density at radius 2 is 1.05 bits per heavy atom. The van der Waals surface area contributed by atoms with Crippen molar-refractivity contribution >= 4 is 55.1 Å². The fourth-order valence-corrected chi connectivity index (χ4v) is 11.5. The molecule has 0 atom stereocenters. The molecule has 2 aliphatic rings. The second-order valence-corrected chi connectivity index (χ2v) is 21.9. The fraction of sp³-hybridized carbons (Fsp3) is 0.226. The summed E-state index contributed by atoms with van der Waals surface area (Å²) in [4.78, 5) is 0. The molecule has 0 radical (unpaired) electrons. The van der Waals surface area contributed by atoms with Crippen LogP contribution >= 0.6 is 0 Å². The van der Waals surface area contributed by atoms with Crippen molar-refractivity contribution in [2.45, 2.75) is 90.9 Å². The molecule has 2 heterocycles. The molecule has 0 saturated carbocycles. The number of anilines is 2. The molecule has 0 fully saturated rings. The summed E-state index contributed by atoms with van der Waals surface area (Å²) in [6, 6.07) is 57.1. The highest BCUT2D eigenvalue weighted by Gasteiger charge is 2.38. The lowest BCUT2D eigenvalue weighted by Crippen LogP contribution is -2.15. The molecule has 0 spiro atoms. The lowest BCUT2D eigenvalue weighted by molar-refractivity contribution is 0.590. The first-order valence-electron chi connectivity index (χ1n) is 23.3. The third-order valence-corrected chi connectivity index (χ3v) is 15.1. The van der Waals surface area contributed by atoms with Crippen molar-refractivity contribution in [2.75, 3.05) is 5.32 Å². The van der Waals surface area contributed by atoms with E-state index in [-0.39, 0.29) is 21.7 Å². The second kappa shape index (κ2) is 13.4. The lowest BCUT2D eigenvalue weighted by atomic mass is 9.81. The third kappa shape index (κ3) is 5.73. The molecular formula is C62H56N2O. The van der Waals surface area contributed by atoms with E-state index in [0.29, 0.717) is 0 Å². The monoisotopic (exact) mass is 844 g/mol. The van der Waals surface area contributed by atoms with E-state index in [0.717, 1.165) is 55.6 Å². The summed E-state index contributed by atoms with van der Waals surface area (Å²) < 4.78 is 9.71. The highest BCUT2D eigenvalue weighted by Crippen LogP contribution is 2.55.